The number of nitrogens with one attached hydrogen (secondary N) is 1. The number of thiophene rings is 1. The number of H-pyrrole nitrogens is 1. The number of hydrogen-bond donors (Lipinski definition) is 2. The van der Waals surface area contributed by atoms with Gasteiger partial charge in [-0.3, -0.25) is 5.10 Å². The maximum atomic E-state index is 6.12. The minimum Gasteiger partial charge on any atom is -0.335 e. The molecule has 102 valence electrons. The molecule has 0 aromatic carbocycles. The number of hydrogen-bond acceptors (Lipinski definition) is 5. The fraction of sp³-hybridized carbons (Fsp3) is 0.538. The van der Waals surface area contributed by atoms with Crippen molar-refractivity contribution >= 4 is 17.3 Å². The van der Waals surface area contributed by atoms with Gasteiger partial charge in [-0.2, -0.15) is 16.3 Å². The van der Waals surface area contributed by atoms with Gasteiger partial charge in [0.25, 0.3) is 0 Å². The number of aromatic nitrogens is 3. The van der Waals surface area contributed by atoms with Gasteiger partial charge in [0.2, 0.25) is 5.95 Å². The number of nitrogens with two attached hydrogens (primary N) is 1. The van der Waals surface area contributed by atoms with Crippen molar-refractivity contribution in [3.8, 4) is 0 Å². The van der Waals surface area contributed by atoms with Gasteiger partial charge in [-0.25, -0.2) is 0 Å². The number of piperidine rings is 1. The Morgan fingerprint density at radius 1 is 1.58 bits per heavy atom. The Labute approximate surface area is 116 Å². The summed E-state index contributed by atoms with van der Waals surface area (Å²) in [5, 5.41) is 11.6. The van der Waals surface area contributed by atoms with Crippen LogP contribution in [0.2, 0.25) is 0 Å². The van der Waals surface area contributed by atoms with E-state index in [1.807, 2.05) is 0 Å². The zero-order chi connectivity index (χ0) is 13.2. The van der Waals surface area contributed by atoms with Gasteiger partial charge < -0.3 is 10.6 Å². The Kier molecular flexibility index (Phi) is 3.52. The average molecular weight is 277 g/mol. The lowest BCUT2D eigenvalue weighted by Crippen LogP contribution is -2.50. The van der Waals surface area contributed by atoms with Crippen LogP contribution in [0.4, 0.5) is 5.95 Å². The molecule has 2 aromatic heterocycles. The van der Waals surface area contributed by atoms with Gasteiger partial charge in [-0.1, -0.05) is 0 Å². The maximum absolute atomic E-state index is 6.12. The Hall–Kier alpha value is -1.40. The van der Waals surface area contributed by atoms with Gasteiger partial charge in [-0.05, 0) is 42.2 Å². The first-order valence-electron chi connectivity index (χ1n) is 6.68. The van der Waals surface area contributed by atoms with Crippen molar-refractivity contribution in [1.29, 1.82) is 0 Å². The van der Waals surface area contributed by atoms with Crippen LogP contribution in [0.25, 0.3) is 0 Å². The quantitative estimate of drug-likeness (QED) is 0.897. The number of nitrogens with zero attached hydrogens (tertiary/aromatic N) is 3. The molecule has 0 aliphatic carbocycles. The third-order valence-electron chi connectivity index (χ3n) is 3.78. The minimum atomic E-state index is 0.215. The summed E-state index contributed by atoms with van der Waals surface area (Å²) in [6.45, 7) is 3.14. The van der Waals surface area contributed by atoms with Crippen LogP contribution in [-0.2, 0) is 6.42 Å². The third-order valence-corrected chi connectivity index (χ3v) is 4.51. The first-order valence-corrected chi connectivity index (χ1v) is 7.63. The molecule has 0 radical (unpaired) electrons. The molecule has 0 saturated carbocycles. The van der Waals surface area contributed by atoms with E-state index >= 15 is 0 Å². The third kappa shape index (κ3) is 2.64. The second-order valence-corrected chi connectivity index (χ2v) is 5.91. The van der Waals surface area contributed by atoms with Gasteiger partial charge in [0, 0.05) is 25.0 Å². The predicted octanol–water partition coefficient (Wildman–Crippen LogP) is 1.77. The molecule has 1 saturated heterocycles. The van der Waals surface area contributed by atoms with E-state index in [-0.39, 0.29) is 6.04 Å². The van der Waals surface area contributed by atoms with Crippen LogP contribution in [0.5, 0.6) is 0 Å². The smallest absolute Gasteiger partial charge is 0.245 e. The molecular weight excluding hydrogens is 258 g/mol. The van der Waals surface area contributed by atoms with Crippen LogP contribution >= 0.6 is 11.3 Å². The number of aromatic amines is 1. The minimum absolute atomic E-state index is 0.215. The van der Waals surface area contributed by atoms with Gasteiger partial charge in [0.1, 0.15) is 5.82 Å². The van der Waals surface area contributed by atoms with Gasteiger partial charge in [0.05, 0.1) is 0 Å². The summed E-state index contributed by atoms with van der Waals surface area (Å²) in [5.41, 5.74) is 7.39. The molecule has 3 rings (SSSR count). The first-order chi connectivity index (χ1) is 9.24. The Morgan fingerprint density at radius 2 is 2.47 bits per heavy atom. The second kappa shape index (κ2) is 5.30. The lowest BCUT2D eigenvalue weighted by molar-refractivity contribution is 0.416. The Balaban J connectivity index is 1.73. The van der Waals surface area contributed by atoms with Gasteiger partial charge in [-0.15, -0.1) is 5.10 Å². The largest absolute Gasteiger partial charge is 0.335 e. The highest BCUT2D eigenvalue weighted by atomic mass is 32.1. The molecule has 1 aliphatic heterocycles. The zero-order valence-corrected chi connectivity index (χ0v) is 11.9. The van der Waals surface area contributed by atoms with Crippen LogP contribution < -0.4 is 10.6 Å². The van der Waals surface area contributed by atoms with E-state index in [9.17, 15) is 0 Å². The monoisotopic (exact) mass is 277 g/mol. The fourth-order valence-electron chi connectivity index (χ4n) is 2.53. The van der Waals surface area contributed by atoms with Crippen molar-refractivity contribution in [3.63, 3.8) is 0 Å². The van der Waals surface area contributed by atoms with Crippen molar-refractivity contribution in [2.45, 2.75) is 38.3 Å². The first kappa shape index (κ1) is 12.6. The van der Waals surface area contributed by atoms with E-state index in [1.165, 1.54) is 5.56 Å². The molecule has 0 spiro atoms. The average Bonchev–Trinajstić information content (AvgIpc) is 3.05. The van der Waals surface area contributed by atoms with E-state index in [1.54, 1.807) is 11.3 Å². The highest BCUT2D eigenvalue weighted by Gasteiger charge is 2.27. The molecule has 5 nitrogen and oxygen atoms in total. The van der Waals surface area contributed by atoms with E-state index in [4.69, 9.17) is 5.73 Å². The lowest BCUT2D eigenvalue weighted by atomic mass is 9.99. The highest BCUT2D eigenvalue weighted by molar-refractivity contribution is 7.07. The molecule has 2 aromatic rings. The summed E-state index contributed by atoms with van der Waals surface area (Å²) in [5.74, 6) is 1.70. The van der Waals surface area contributed by atoms with Crippen LogP contribution in [-0.4, -0.2) is 33.8 Å². The molecular formula is C13H19N5S. The summed E-state index contributed by atoms with van der Waals surface area (Å²) >= 11 is 1.71. The van der Waals surface area contributed by atoms with Crippen LogP contribution in [0, 0.1) is 0 Å². The summed E-state index contributed by atoms with van der Waals surface area (Å²) in [4.78, 5) is 6.81. The fourth-order valence-corrected chi connectivity index (χ4v) is 3.20. The molecule has 6 heteroatoms. The standard InChI is InChI=1S/C13H19N5S/c1-9-11(14)3-2-5-18(9)13-15-12(16-17-13)7-10-4-6-19-8-10/h4,6,8-9,11H,2-3,5,7,14H2,1H3,(H,15,16,17). The maximum Gasteiger partial charge on any atom is 0.245 e. The lowest BCUT2D eigenvalue weighted by Gasteiger charge is -2.36. The number of rotatable bonds is 3. The predicted molar refractivity (Wildman–Crippen MR) is 77.5 cm³/mol. The normalized spacial score (nSPS) is 23.8. The molecule has 1 fully saturated rings. The van der Waals surface area contributed by atoms with Crippen molar-refractivity contribution in [1.82, 2.24) is 15.2 Å². The van der Waals surface area contributed by atoms with Crippen molar-refractivity contribution in [2.75, 3.05) is 11.4 Å². The number of anilines is 1. The highest BCUT2D eigenvalue weighted by Crippen LogP contribution is 2.21. The summed E-state index contributed by atoms with van der Waals surface area (Å²) in [6, 6.07) is 2.64. The van der Waals surface area contributed by atoms with Crippen LogP contribution in [0.1, 0.15) is 31.2 Å². The van der Waals surface area contributed by atoms with E-state index < -0.39 is 0 Å². The topological polar surface area (TPSA) is 70.8 Å². The van der Waals surface area contributed by atoms with Crippen molar-refractivity contribution in [3.05, 3.63) is 28.2 Å². The molecule has 2 unspecified atom stereocenters. The second-order valence-electron chi connectivity index (χ2n) is 5.13. The molecule has 2 atom stereocenters. The molecule has 19 heavy (non-hydrogen) atoms. The zero-order valence-electron chi connectivity index (χ0n) is 11.0. The Morgan fingerprint density at radius 3 is 3.26 bits per heavy atom. The van der Waals surface area contributed by atoms with Crippen LogP contribution in [0.15, 0.2) is 16.8 Å². The van der Waals surface area contributed by atoms with E-state index in [0.717, 1.165) is 37.6 Å². The summed E-state index contributed by atoms with van der Waals surface area (Å²) in [6.07, 6.45) is 3.01. The molecule has 1 aliphatic rings. The summed E-state index contributed by atoms with van der Waals surface area (Å²) < 4.78 is 0. The Bertz CT molecular complexity index is 521. The molecule has 3 heterocycles. The van der Waals surface area contributed by atoms with Gasteiger partial charge in [0.15, 0.2) is 0 Å². The molecule has 0 bridgehead atoms. The van der Waals surface area contributed by atoms with Crippen LogP contribution in [0.3, 0.4) is 0 Å². The van der Waals surface area contributed by atoms with Crippen molar-refractivity contribution in [2.24, 2.45) is 5.73 Å². The van der Waals surface area contributed by atoms with Crippen molar-refractivity contribution < 1.29 is 0 Å². The SMILES string of the molecule is CC1C(N)CCCN1c1n[nH]c(Cc2ccsc2)n1. The van der Waals surface area contributed by atoms with Gasteiger partial charge >= 0.3 is 0 Å². The summed E-state index contributed by atoms with van der Waals surface area (Å²) in [7, 11) is 0. The van der Waals surface area contributed by atoms with E-state index in [0.29, 0.717) is 6.04 Å². The molecule has 0 amide bonds. The van der Waals surface area contributed by atoms with E-state index in [2.05, 4.69) is 43.8 Å². The molecule has 3 N–H and O–H groups in total.